The first-order chi connectivity index (χ1) is 10.6. The number of amides is 1. The molecule has 5 nitrogen and oxygen atoms in total. The van der Waals surface area contributed by atoms with Gasteiger partial charge in [-0.25, -0.2) is 4.99 Å². The van der Waals surface area contributed by atoms with Crippen LogP contribution in [0, 0.1) is 0 Å². The lowest BCUT2D eigenvalue weighted by Gasteiger charge is -2.26. The molecule has 1 aromatic rings. The Morgan fingerprint density at radius 3 is 2.26 bits per heavy atom. The minimum Gasteiger partial charge on any atom is -0.399 e. The average molecular weight is 330 g/mol. The smallest absolute Gasteiger partial charge is 0.394 e. The molecule has 0 unspecified atom stereocenters. The first-order valence-corrected chi connectivity index (χ1v) is 6.53. The van der Waals surface area contributed by atoms with E-state index in [1.54, 1.807) is 0 Å². The highest BCUT2D eigenvalue weighted by Crippen LogP contribution is 2.38. The molecular weight excluding hydrogens is 316 g/mol. The van der Waals surface area contributed by atoms with Crippen molar-refractivity contribution in [3.8, 4) is 0 Å². The Morgan fingerprint density at radius 2 is 1.74 bits per heavy atom. The number of hydrogen-bond donors (Lipinski definition) is 1. The molecule has 1 aliphatic heterocycles. The maximum absolute atomic E-state index is 14.0. The zero-order valence-electron chi connectivity index (χ0n) is 12.4. The number of amidine groups is 1. The maximum Gasteiger partial charge on any atom is 0.394 e. The van der Waals surface area contributed by atoms with E-state index in [0.29, 0.717) is 16.2 Å². The van der Waals surface area contributed by atoms with E-state index >= 15 is 0 Å². The van der Waals surface area contributed by atoms with Crippen molar-refractivity contribution in [2.75, 3.05) is 26.4 Å². The molecule has 23 heavy (non-hydrogen) atoms. The summed E-state index contributed by atoms with van der Waals surface area (Å²) in [6.07, 6.45) is 0. The number of nitrogen functional groups attached to an aromatic ring is 1. The van der Waals surface area contributed by atoms with Gasteiger partial charge < -0.3 is 10.6 Å². The van der Waals surface area contributed by atoms with E-state index in [2.05, 4.69) is 9.98 Å². The van der Waals surface area contributed by atoms with Gasteiger partial charge in [0, 0.05) is 19.8 Å². The predicted octanol–water partition coefficient (Wildman–Crippen LogP) is 1.83. The zero-order valence-corrected chi connectivity index (χ0v) is 12.4. The van der Waals surface area contributed by atoms with Crippen LogP contribution in [-0.2, 0) is 4.79 Å². The Hall–Kier alpha value is -2.45. The Morgan fingerprint density at radius 1 is 1.17 bits per heavy atom. The fourth-order valence-electron chi connectivity index (χ4n) is 1.90. The number of hydrogen-bond acceptors (Lipinski definition) is 4. The third kappa shape index (κ3) is 2.90. The summed E-state index contributed by atoms with van der Waals surface area (Å²) in [5, 5.41) is 0. The van der Waals surface area contributed by atoms with E-state index in [1.807, 2.05) is 0 Å². The zero-order chi connectivity index (χ0) is 17.4. The van der Waals surface area contributed by atoms with Crippen LogP contribution < -0.4 is 5.73 Å². The van der Waals surface area contributed by atoms with Crippen LogP contribution in [0.4, 0.5) is 23.2 Å². The fourth-order valence-corrected chi connectivity index (χ4v) is 1.90. The van der Waals surface area contributed by atoms with Crippen molar-refractivity contribution in [3.63, 3.8) is 0 Å². The minimum absolute atomic E-state index is 0.104. The molecule has 0 bridgehead atoms. The summed E-state index contributed by atoms with van der Waals surface area (Å²) in [5.41, 5.74) is 6.52. The van der Waals surface area contributed by atoms with Crippen LogP contribution in [0.25, 0.3) is 0 Å². The van der Waals surface area contributed by atoms with Crippen LogP contribution in [0.3, 0.4) is 0 Å². The van der Waals surface area contributed by atoms with Crippen LogP contribution in [0.1, 0.15) is 5.56 Å². The van der Waals surface area contributed by atoms with E-state index in [9.17, 15) is 22.4 Å². The Labute approximate surface area is 129 Å². The van der Waals surface area contributed by atoms with Crippen molar-refractivity contribution in [1.82, 2.24) is 4.90 Å². The lowest BCUT2D eigenvalue weighted by molar-refractivity contribution is -0.193. The third-order valence-electron chi connectivity index (χ3n) is 3.21. The van der Waals surface area contributed by atoms with E-state index in [4.69, 9.17) is 5.73 Å². The van der Waals surface area contributed by atoms with Crippen LogP contribution in [0.15, 0.2) is 34.3 Å². The second-order valence-corrected chi connectivity index (χ2v) is 5.17. The Kier molecular flexibility index (Phi) is 4.14. The number of halogens is 4. The van der Waals surface area contributed by atoms with Crippen molar-refractivity contribution >= 4 is 23.1 Å². The van der Waals surface area contributed by atoms with Gasteiger partial charge in [-0.1, -0.05) is 12.1 Å². The number of nitrogens with zero attached hydrogens (tertiary/aromatic N) is 3. The fraction of sp³-hybridized carbons (Fsp3) is 0.357. The molecular formula is C14H14F4N4O. The first-order valence-electron chi connectivity index (χ1n) is 6.53. The van der Waals surface area contributed by atoms with Crippen molar-refractivity contribution in [2.45, 2.75) is 11.8 Å². The molecule has 0 aliphatic carbocycles. The van der Waals surface area contributed by atoms with Crippen molar-refractivity contribution in [3.05, 3.63) is 29.8 Å². The Bertz CT molecular complexity index is 681. The van der Waals surface area contributed by atoms with Gasteiger partial charge in [0.1, 0.15) is 0 Å². The second-order valence-electron chi connectivity index (χ2n) is 5.17. The second kappa shape index (κ2) is 5.64. The molecule has 2 N–H and O–H groups in total. The van der Waals surface area contributed by atoms with E-state index < -0.39 is 23.6 Å². The summed E-state index contributed by atoms with van der Waals surface area (Å²) in [7, 11) is 1.93. The summed E-state index contributed by atoms with van der Waals surface area (Å²) in [6, 6.07) is 6.10. The van der Waals surface area contributed by atoms with Crippen molar-refractivity contribution in [1.29, 1.82) is 0 Å². The first kappa shape index (κ1) is 16.9. The standard InChI is InChI=1S/C14H14F4N4O/c1-22(2)12(23)14(17,18)13(15,16)11-20-7-10(21-11)8-3-5-9(19)6-4-8/h3-6H,7,19H2,1-2H3. The van der Waals surface area contributed by atoms with Crippen molar-refractivity contribution in [2.24, 2.45) is 9.98 Å². The van der Waals surface area contributed by atoms with Gasteiger partial charge in [0.05, 0.1) is 12.3 Å². The van der Waals surface area contributed by atoms with Gasteiger partial charge in [-0.2, -0.15) is 17.6 Å². The highest BCUT2D eigenvalue weighted by atomic mass is 19.3. The van der Waals surface area contributed by atoms with Gasteiger partial charge in [-0.15, -0.1) is 0 Å². The number of aliphatic imine (C=N–C) groups is 2. The Balaban J connectivity index is 2.31. The minimum atomic E-state index is -4.94. The number of alkyl halides is 4. The number of carbonyl (C=O) groups is 1. The van der Waals surface area contributed by atoms with Crippen LogP contribution >= 0.6 is 0 Å². The molecule has 1 amide bonds. The number of carbonyl (C=O) groups excluding carboxylic acids is 1. The summed E-state index contributed by atoms with van der Waals surface area (Å²) < 4.78 is 55.6. The predicted molar refractivity (Wildman–Crippen MR) is 78.3 cm³/mol. The third-order valence-corrected chi connectivity index (χ3v) is 3.21. The largest absolute Gasteiger partial charge is 0.399 e. The van der Waals surface area contributed by atoms with Gasteiger partial charge in [-0.05, 0) is 17.7 Å². The number of nitrogens with two attached hydrogens (primary N) is 1. The molecule has 0 saturated heterocycles. The van der Waals surface area contributed by atoms with Crippen molar-refractivity contribution < 1.29 is 22.4 Å². The summed E-state index contributed by atoms with van der Waals surface area (Å²) in [6.45, 7) is -0.277. The molecule has 9 heteroatoms. The van der Waals surface area contributed by atoms with Gasteiger partial charge in [0.25, 0.3) is 5.91 Å². The van der Waals surface area contributed by atoms with Crippen LogP contribution in [-0.4, -0.2) is 54.8 Å². The van der Waals surface area contributed by atoms with Gasteiger partial charge in [0.15, 0.2) is 0 Å². The maximum atomic E-state index is 14.0. The molecule has 1 aromatic carbocycles. The average Bonchev–Trinajstić information content (AvgIpc) is 2.97. The topological polar surface area (TPSA) is 71.0 Å². The van der Waals surface area contributed by atoms with Gasteiger partial charge in [-0.3, -0.25) is 9.79 Å². The summed E-state index contributed by atoms with van der Waals surface area (Å²) >= 11 is 0. The molecule has 1 aliphatic rings. The summed E-state index contributed by atoms with van der Waals surface area (Å²) in [4.78, 5) is 18.6. The summed E-state index contributed by atoms with van der Waals surface area (Å²) in [5.74, 6) is -13.1. The van der Waals surface area contributed by atoms with E-state index in [1.165, 1.54) is 24.3 Å². The van der Waals surface area contributed by atoms with Gasteiger partial charge >= 0.3 is 11.8 Å². The molecule has 0 radical (unpaired) electrons. The highest BCUT2D eigenvalue weighted by molar-refractivity contribution is 6.15. The molecule has 0 fully saturated rings. The molecule has 0 saturated carbocycles. The molecule has 0 aromatic heterocycles. The molecule has 124 valence electrons. The van der Waals surface area contributed by atoms with E-state index in [-0.39, 0.29) is 12.3 Å². The van der Waals surface area contributed by atoms with Crippen LogP contribution in [0.5, 0.6) is 0 Å². The number of rotatable bonds is 4. The van der Waals surface area contributed by atoms with E-state index in [0.717, 1.165) is 14.1 Å². The molecule has 0 atom stereocenters. The molecule has 0 spiro atoms. The SMILES string of the molecule is CN(C)C(=O)C(F)(F)C(F)(F)C1=NCC(c2ccc(N)cc2)=N1. The normalized spacial score (nSPS) is 15.2. The number of benzene rings is 1. The van der Waals surface area contributed by atoms with Gasteiger partial charge in [0.2, 0.25) is 5.84 Å². The number of anilines is 1. The monoisotopic (exact) mass is 330 g/mol. The highest BCUT2D eigenvalue weighted by Gasteiger charge is 2.66. The molecule has 2 rings (SSSR count). The van der Waals surface area contributed by atoms with Crippen LogP contribution in [0.2, 0.25) is 0 Å². The molecule has 1 heterocycles. The lowest BCUT2D eigenvalue weighted by Crippen LogP contribution is -2.55. The quantitative estimate of drug-likeness (QED) is 0.676. The lowest BCUT2D eigenvalue weighted by atomic mass is 10.1.